The Balaban J connectivity index is 1.64. The van der Waals surface area contributed by atoms with Crippen molar-refractivity contribution in [3.63, 3.8) is 0 Å². The molecular weight excluding hydrogens is 398 g/mol. The zero-order valence-electron chi connectivity index (χ0n) is 15.6. The van der Waals surface area contributed by atoms with E-state index in [1.54, 1.807) is 42.3 Å². The summed E-state index contributed by atoms with van der Waals surface area (Å²) in [4.78, 5) is 41.7. The van der Waals surface area contributed by atoms with E-state index >= 15 is 0 Å². The number of carbonyl (C=O) groups is 3. The largest absolute Gasteiger partial charge is 0.335 e. The Hall–Kier alpha value is -2.38. The summed E-state index contributed by atoms with van der Waals surface area (Å²) in [6.07, 6.45) is 2.36. The molecule has 1 saturated heterocycles. The van der Waals surface area contributed by atoms with E-state index in [-0.39, 0.29) is 24.3 Å². The molecule has 148 valence electrons. The summed E-state index contributed by atoms with van der Waals surface area (Å²) >= 11 is 7.42. The lowest BCUT2D eigenvalue weighted by atomic mass is 10.0. The summed E-state index contributed by atoms with van der Waals surface area (Å²) < 4.78 is 0. The van der Waals surface area contributed by atoms with Gasteiger partial charge in [0.05, 0.1) is 22.1 Å². The second-order valence-corrected chi connectivity index (χ2v) is 8.06. The van der Waals surface area contributed by atoms with Crippen molar-refractivity contribution in [3.05, 3.63) is 51.7 Å². The van der Waals surface area contributed by atoms with Gasteiger partial charge in [0.2, 0.25) is 11.8 Å². The number of halogens is 1. The maximum atomic E-state index is 13.0. The molecule has 0 radical (unpaired) electrons. The Morgan fingerprint density at radius 3 is 2.71 bits per heavy atom. The third kappa shape index (κ3) is 4.72. The molecule has 1 fully saturated rings. The molecule has 1 aromatic carbocycles. The number of para-hydroxylation sites is 1. The van der Waals surface area contributed by atoms with Crippen LogP contribution in [0.5, 0.6) is 0 Å². The molecule has 3 rings (SSSR count). The molecule has 1 N–H and O–H groups in total. The fraction of sp³-hybridized carbons (Fsp3) is 0.350. The third-order valence-electron chi connectivity index (χ3n) is 4.69. The Morgan fingerprint density at radius 1 is 1.21 bits per heavy atom. The van der Waals surface area contributed by atoms with Gasteiger partial charge in [0.1, 0.15) is 6.04 Å². The van der Waals surface area contributed by atoms with Crippen LogP contribution in [0.2, 0.25) is 5.02 Å². The van der Waals surface area contributed by atoms with E-state index in [1.165, 1.54) is 16.2 Å². The second kappa shape index (κ2) is 9.21. The highest BCUT2D eigenvalue weighted by molar-refractivity contribution is 7.12. The summed E-state index contributed by atoms with van der Waals surface area (Å²) in [5.74, 6) is -0.684. The molecule has 0 spiro atoms. The molecule has 1 unspecified atom stereocenters. The normalized spacial score (nSPS) is 16.5. The van der Waals surface area contributed by atoms with E-state index in [2.05, 4.69) is 5.32 Å². The highest BCUT2D eigenvalue weighted by Gasteiger charge is 2.35. The minimum absolute atomic E-state index is 0.110. The van der Waals surface area contributed by atoms with Crippen LogP contribution in [0.1, 0.15) is 28.9 Å². The van der Waals surface area contributed by atoms with E-state index in [0.717, 1.165) is 12.8 Å². The number of nitrogens with zero attached hydrogens (tertiary/aromatic N) is 2. The first kappa shape index (κ1) is 20.4. The predicted octanol–water partition coefficient (Wildman–Crippen LogP) is 3.49. The van der Waals surface area contributed by atoms with Gasteiger partial charge in [-0.25, -0.2) is 0 Å². The quantitative estimate of drug-likeness (QED) is 0.806. The molecule has 1 aliphatic rings. The van der Waals surface area contributed by atoms with Gasteiger partial charge in [-0.15, -0.1) is 11.3 Å². The standard InChI is InChI=1S/C20H22ClN3O3S/c1-23(13-18(25)22-15-8-3-2-7-14(15)21)19(26)16-9-4-5-11-24(16)20(27)17-10-6-12-28-17/h2-3,6-8,10,12,16H,4-5,9,11,13H2,1H3,(H,22,25). The van der Waals surface area contributed by atoms with Crippen molar-refractivity contribution in [1.82, 2.24) is 9.80 Å². The van der Waals surface area contributed by atoms with Gasteiger partial charge in [0, 0.05) is 13.6 Å². The number of carbonyl (C=O) groups excluding carboxylic acids is 3. The number of rotatable bonds is 5. The number of amides is 3. The van der Waals surface area contributed by atoms with Crippen LogP contribution >= 0.6 is 22.9 Å². The van der Waals surface area contributed by atoms with E-state index < -0.39 is 6.04 Å². The van der Waals surface area contributed by atoms with Crippen molar-refractivity contribution in [1.29, 1.82) is 0 Å². The van der Waals surface area contributed by atoms with Crippen molar-refractivity contribution in [2.45, 2.75) is 25.3 Å². The number of anilines is 1. The first-order valence-electron chi connectivity index (χ1n) is 9.11. The minimum atomic E-state index is -0.540. The van der Waals surface area contributed by atoms with Crippen molar-refractivity contribution in [3.8, 4) is 0 Å². The molecule has 2 heterocycles. The topological polar surface area (TPSA) is 69.7 Å². The highest BCUT2D eigenvalue weighted by Crippen LogP contribution is 2.23. The highest BCUT2D eigenvalue weighted by atomic mass is 35.5. The molecular formula is C20H22ClN3O3S. The molecule has 28 heavy (non-hydrogen) atoms. The SMILES string of the molecule is CN(CC(=O)Nc1ccccc1Cl)C(=O)C1CCCCN1C(=O)c1cccs1. The molecule has 1 aromatic heterocycles. The number of likely N-dealkylation sites (tertiary alicyclic amines) is 1. The number of piperidine rings is 1. The monoisotopic (exact) mass is 419 g/mol. The zero-order valence-corrected chi connectivity index (χ0v) is 17.1. The summed E-state index contributed by atoms with van der Waals surface area (Å²) in [6.45, 7) is 0.439. The molecule has 0 aliphatic carbocycles. The van der Waals surface area contributed by atoms with Gasteiger partial charge in [-0.3, -0.25) is 14.4 Å². The van der Waals surface area contributed by atoms with Gasteiger partial charge in [-0.05, 0) is 42.8 Å². The Bertz CT molecular complexity index is 856. The molecule has 2 aromatic rings. The number of benzene rings is 1. The third-order valence-corrected chi connectivity index (χ3v) is 5.87. The maximum absolute atomic E-state index is 13.0. The van der Waals surface area contributed by atoms with Gasteiger partial charge >= 0.3 is 0 Å². The summed E-state index contributed by atoms with van der Waals surface area (Å²) in [7, 11) is 1.58. The van der Waals surface area contributed by atoms with Gasteiger partial charge in [-0.1, -0.05) is 29.8 Å². The molecule has 8 heteroatoms. The molecule has 6 nitrogen and oxygen atoms in total. The molecule has 1 atom stereocenters. The van der Waals surface area contributed by atoms with Crippen molar-refractivity contribution >= 4 is 46.3 Å². The van der Waals surface area contributed by atoms with Crippen LogP contribution in [-0.4, -0.2) is 53.7 Å². The van der Waals surface area contributed by atoms with Gasteiger partial charge in [-0.2, -0.15) is 0 Å². The van der Waals surface area contributed by atoms with Crippen LogP contribution in [0.25, 0.3) is 0 Å². The Morgan fingerprint density at radius 2 is 2.00 bits per heavy atom. The molecule has 0 bridgehead atoms. The van der Waals surface area contributed by atoms with Crippen molar-refractivity contribution in [2.75, 3.05) is 25.5 Å². The maximum Gasteiger partial charge on any atom is 0.264 e. The van der Waals surface area contributed by atoms with Crippen LogP contribution in [-0.2, 0) is 9.59 Å². The van der Waals surface area contributed by atoms with Crippen LogP contribution in [0.4, 0.5) is 5.69 Å². The van der Waals surface area contributed by atoms with Crippen LogP contribution in [0.15, 0.2) is 41.8 Å². The number of likely N-dealkylation sites (N-methyl/N-ethyl adjacent to an activating group) is 1. The summed E-state index contributed by atoms with van der Waals surface area (Å²) in [6, 6.07) is 9.98. The van der Waals surface area contributed by atoms with E-state index in [4.69, 9.17) is 11.6 Å². The Labute approximate surface area is 173 Å². The lowest BCUT2D eigenvalue weighted by Gasteiger charge is -2.36. The van der Waals surface area contributed by atoms with E-state index in [0.29, 0.717) is 28.6 Å². The van der Waals surface area contributed by atoms with Crippen LogP contribution in [0.3, 0.4) is 0 Å². The van der Waals surface area contributed by atoms with Gasteiger partial charge < -0.3 is 15.1 Å². The average Bonchev–Trinajstić information content (AvgIpc) is 3.23. The average molecular weight is 420 g/mol. The molecule has 1 aliphatic heterocycles. The van der Waals surface area contributed by atoms with Crippen molar-refractivity contribution in [2.24, 2.45) is 0 Å². The molecule has 3 amide bonds. The number of hydrogen-bond acceptors (Lipinski definition) is 4. The fourth-order valence-electron chi connectivity index (χ4n) is 3.27. The van der Waals surface area contributed by atoms with Gasteiger partial charge in [0.15, 0.2) is 0 Å². The van der Waals surface area contributed by atoms with Crippen LogP contribution < -0.4 is 5.32 Å². The lowest BCUT2D eigenvalue weighted by molar-refractivity contribution is -0.138. The summed E-state index contributed by atoms with van der Waals surface area (Å²) in [5, 5.41) is 4.99. The Kier molecular flexibility index (Phi) is 6.70. The number of nitrogens with one attached hydrogen (secondary N) is 1. The first-order valence-corrected chi connectivity index (χ1v) is 10.4. The molecule has 0 saturated carbocycles. The number of hydrogen-bond donors (Lipinski definition) is 1. The predicted molar refractivity (Wildman–Crippen MR) is 111 cm³/mol. The number of thiophene rings is 1. The van der Waals surface area contributed by atoms with E-state index in [1.807, 2.05) is 11.4 Å². The lowest BCUT2D eigenvalue weighted by Crippen LogP contribution is -2.53. The second-order valence-electron chi connectivity index (χ2n) is 6.71. The summed E-state index contributed by atoms with van der Waals surface area (Å²) in [5.41, 5.74) is 0.502. The minimum Gasteiger partial charge on any atom is -0.335 e. The van der Waals surface area contributed by atoms with Crippen molar-refractivity contribution < 1.29 is 14.4 Å². The van der Waals surface area contributed by atoms with Crippen LogP contribution in [0, 0.1) is 0 Å². The van der Waals surface area contributed by atoms with E-state index in [9.17, 15) is 14.4 Å². The zero-order chi connectivity index (χ0) is 20.1. The fourth-order valence-corrected chi connectivity index (χ4v) is 4.14. The smallest absolute Gasteiger partial charge is 0.264 e. The first-order chi connectivity index (χ1) is 13.5. The van der Waals surface area contributed by atoms with Gasteiger partial charge in [0.25, 0.3) is 5.91 Å².